The molecule has 0 aliphatic heterocycles. The molecule has 18 heavy (non-hydrogen) atoms. The van der Waals surface area contributed by atoms with Gasteiger partial charge in [-0.1, -0.05) is 0 Å². The molecular formula is C14H24NO3+. The van der Waals surface area contributed by atoms with Crippen LogP contribution in [0.4, 0.5) is 0 Å². The molecule has 102 valence electrons. The Bertz CT molecular complexity index is 343. The summed E-state index contributed by atoms with van der Waals surface area (Å²) in [5.41, 5.74) is 0.126. The number of quaternary nitrogens is 1. The van der Waals surface area contributed by atoms with Crippen molar-refractivity contribution in [3.8, 4) is 11.5 Å². The van der Waals surface area contributed by atoms with Gasteiger partial charge in [0.25, 0.3) is 0 Å². The maximum atomic E-state index is 9.79. The lowest BCUT2D eigenvalue weighted by Crippen LogP contribution is -2.96. The number of ether oxygens (including phenoxy) is 2. The van der Waals surface area contributed by atoms with Crippen molar-refractivity contribution in [3.63, 3.8) is 0 Å². The molecular weight excluding hydrogens is 230 g/mol. The van der Waals surface area contributed by atoms with Crippen molar-refractivity contribution in [1.82, 2.24) is 0 Å². The van der Waals surface area contributed by atoms with E-state index >= 15 is 0 Å². The van der Waals surface area contributed by atoms with Crippen molar-refractivity contribution in [2.24, 2.45) is 0 Å². The Kier molecular flexibility index (Phi) is 5.44. The summed E-state index contributed by atoms with van der Waals surface area (Å²) in [6.45, 7) is 7.29. The fourth-order valence-electron chi connectivity index (χ4n) is 1.42. The van der Waals surface area contributed by atoms with Crippen molar-refractivity contribution in [3.05, 3.63) is 24.3 Å². The summed E-state index contributed by atoms with van der Waals surface area (Å²) in [7, 11) is 1.63. The first-order valence-corrected chi connectivity index (χ1v) is 6.20. The number of methoxy groups -OCH3 is 1. The Morgan fingerprint density at radius 3 is 2.22 bits per heavy atom. The molecule has 1 atom stereocenters. The predicted molar refractivity (Wildman–Crippen MR) is 71.0 cm³/mol. The van der Waals surface area contributed by atoms with Gasteiger partial charge in [-0.25, -0.2) is 0 Å². The first-order chi connectivity index (χ1) is 8.40. The molecule has 0 saturated carbocycles. The smallest absolute Gasteiger partial charge is 0.137 e. The maximum Gasteiger partial charge on any atom is 0.137 e. The quantitative estimate of drug-likeness (QED) is 0.789. The van der Waals surface area contributed by atoms with Gasteiger partial charge in [-0.05, 0) is 45.0 Å². The molecule has 0 heterocycles. The highest BCUT2D eigenvalue weighted by Crippen LogP contribution is 2.16. The largest absolute Gasteiger partial charge is 0.497 e. The summed E-state index contributed by atoms with van der Waals surface area (Å²) in [6, 6.07) is 7.34. The highest BCUT2D eigenvalue weighted by molar-refractivity contribution is 5.31. The zero-order valence-corrected chi connectivity index (χ0v) is 11.6. The van der Waals surface area contributed by atoms with E-state index in [0.717, 1.165) is 11.5 Å². The monoisotopic (exact) mass is 254 g/mol. The fraction of sp³-hybridized carbons (Fsp3) is 0.571. The minimum atomic E-state index is -0.466. The molecule has 1 rings (SSSR count). The molecule has 1 aromatic carbocycles. The lowest BCUT2D eigenvalue weighted by molar-refractivity contribution is -0.722. The van der Waals surface area contributed by atoms with Crippen LogP contribution in [0.1, 0.15) is 20.8 Å². The second kappa shape index (κ2) is 6.61. The maximum absolute atomic E-state index is 9.79. The van der Waals surface area contributed by atoms with E-state index in [4.69, 9.17) is 9.47 Å². The Balaban J connectivity index is 2.31. The number of hydrogen-bond donors (Lipinski definition) is 2. The molecule has 0 aliphatic carbocycles. The van der Waals surface area contributed by atoms with E-state index < -0.39 is 6.10 Å². The van der Waals surface area contributed by atoms with Crippen LogP contribution in [0.2, 0.25) is 0 Å². The normalized spacial score (nSPS) is 13.2. The number of rotatable bonds is 6. The Hall–Kier alpha value is -1.26. The minimum Gasteiger partial charge on any atom is -0.497 e. The number of hydrogen-bond acceptors (Lipinski definition) is 3. The third-order valence-corrected chi connectivity index (χ3v) is 2.50. The van der Waals surface area contributed by atoms with Gasteiger partial charge in [0.2, 0.25) is 0 Å². The van der Waals surface area contributed by atoms with Gasteiger partial charge in [0.1, 0.15) is 30.8 Å². The summed E-state index contributed by atoms with van der Waals surface area (Å²) in [5, 5.41) is 11.9. The number of aliphatic hydroxyl groups is 1. The second-order valence-electron chi connectivity index (χ2n) is 5.45. The molecule has 3 N–H and O–H groups in total. The zero-order chi connectivity index (χ0) is 13.6. The molecule has 1 aromatic rings. The van der Waals surface area contributed by atoms with E-state index in [1.807, 2.05) is 24.3 Å². The summed E-state index contributed by atoms with van der Waals surface area (Å²) >= 11 is 0. The third kappa shape index (κ3) is 5.89. The Morgan fingerprint density at radius 2 is 1.72 bits per heavy atom. The highest BCUT2D eigenvalue weighted by atomic mass is 16.5. The van der Waals surface area contributed by atoms with Gasteiger partial charge in [0.15, 0.2) is 0 Å². The van der Waals surface area contributed by atoms with Crippen molar-refractivity contribution >= 4 is 0 Å². The van der Waals surface area contributed by atoms with Crippen LogP contribution in [0.5, 0.6) is 11.5 Å². The summed E-state index contributed by atoms with van der Waals surface area (Å²) < 4.78 is 10.6. The van der Waals surface area contributed by atoms with Gasteiger partial charge in [0.05, 0.1) is 12.6 Å². The number of nitrogens with two attached hydrogens (primary N) is 1. The predicted octanol–water partition coefficient (Wildman–Crippen LogP) is 0.797. The van der Waals surface area contributed by atoms with Crippen LogP contribution >= 0.6 is 0 Å². The van der Waals surface area contributed by atoms with Crippen LogP contribution < -0.4 is 14.8 Å². The van der Waals surface area contributed by atoms with Gasteiger partial charge < -0.3 is 19.9 Å². The van der Waals surface area contributed by atoms with Crippen LogP contribution in [-0.2, 0) is 0 Å². The molecule has 0 bridgehead atoms. The number of benzene rings is 1. The summed E-state index contributed by atoms with van der Waals surface area (Å²) in [6.07, 6.45) is -0.466. The molecule has 0 unspecified atom stereocenters. The van der Waals surface area contributed by atoms with E-state index in [-0.39, 0.29) is 5.54 Å². The van der Waals surface area contributed by atoms with Crippen LogP contribution in [0.3, 0.4) is 0 Å². The van der Waals surface area contributed by atoms with Crippen LogP contribution in [0.15, 0.2) is 24.3 Å². The molecule has 4 nitrogen and oxygen atoms in total. The van der Waals surface area contributed by atoms with Crippen LogP contribution in [0, 0.1) is 0 Å². The highest BCUT2D eigenvalue weighted by Gasteiger charge is 2.16. The van der Waals surface area contributed by atoms with Gasteiger partial charge in [-0.15, -0.1) is 0 Å². The molecule has 0 aromatic heterocycles. The van der Waals surface area contributed by atoms with E-state index in [0.29, 0.717) is 13.2 Å². The van der Waals surface area contributed by atoms with E-state index in [2.05, 4.69) is 26.1 Å². The molecule has 0 amide bonds. The van der Waals surface area contributed by atoms with Crippen molar-refractivity contribution < 1.29 is 19.9 Å². The SMILES string of the molecule is COc1ccc(OC[C@@H](O)C[NH2+]C(C)(C)C)cc1. The standard InChI is InChI=1S/C14H23NO3/c1-14(2,3)15-9-11(16)10-18-13-7-5-12(17-4)6-8-13/h5-8,11,15-16H,9-10H2,1-4H3/p+1/t11-/m0/s1. The average Bonchev–Trinajstić information content (AvgIpc) is 2.33. The fourth-order valence-corrected chi connectivity index (χ4v) is 1.42. The first-order valence-electron chi connectivity index (χ1n) is 6.20. The lowest BCUT2D eigenvalue weighted by atomic mass is 10.1. The second-order valence-corrected chi connectivity index (χ2v) is 5.45. The summed E-state index contributed by atoms with van der Waals surface area (Å²) in [4.78, 5) is 0. The Labute approximate surface area is 109 Å². The molecule has 0 saturated heterocycles. The lowest BCUT2D eigenvalue weighted by Gasteiger charge is -2.19. The zero-order valence-electron chi connectivity index (χ0n) is 11.6. The minimum absolute atomic E-state index is 0.126. The van der Waals surface area contributed by atoms with E-state index in [9.17, 15) is 5.11 Å². The summed E-state index contributed by atoms with van der Waals surface area (Å²) in [5.74, 6) is 1.54. The third-order valence-electron chi connectivity index (χ3n) is 2.50. The van der Waals surface area contributed by atoms with Crippen LogP contribution in [0.25, 0.3) is 0 Å². The van der Waals surface area contributed by atoms with Gasteiger partial charge in [-0.3, -0.25) is 0 Å². The van der Waals surface area contributed by atoms with E-state index in [1.165, 1.54) is 0 Å². The molecule has 0 aliphatic rings. The number of aliphatic hydroxyl groups excluding tert-OH is 1. The van der Waals surface area contributed by atoms with Gasteiger partial charge >= 0.3 is 0 Å². The Morgan fingerprint density at radius 1 is 1.17 bits per heavy atom. The van der Waals surface area contributed by atoms with Crippen molar-refractivity contribution in [2.45, 2.75) is 32.4 Å². The average molecular weight is 254 g/mol. The topological polar surface area (TPSA) is 55.3 Å². The van der Waals surface area contributed by atoms with Crippen molar-refractivity contribution in [1.29, 1.82) is 0 Å². The van der Waals surface area contributed by atoms with Crippen molar-refractivity contribution in [2.75, 3.05) is 20.3 Å². The van der Waals surface area contributed by atoms with Crippen LogP contribution in [-0.4, -0.2) is 37.0 Å². The molecule has 0 radical (unpaired) electrons. The molecule has 0 fully saturated rings. The first kappa shape index (κ1) is 14.8. The molecule has 0 spiro atoms. The van der Waals surface area contributed by atoms with E-state index in [1.54, 1.807) is 7.11 Å². The molecule has 4 heteroatoms. The van der Waals surface area contributed by atoms with Gasteiger partial charge in [-0.2, -0.15) is 0 Å². The van der Waals surface area contributed by atoms with Gasteiger partial charge in [0, 0.05) is 0 Å².